The lowest BCUT2D eigenvalue weighted by Gasteiger charge is -2.33. The van der Waals surface area contributed by atoms with Crippen molar-refractivity contribution in [2.75, 3.05) is 18.5 Å². The van der Waals surface area contributed by atoms with E-state index in [0.717, 1.165) is 19.3 Å². The van der Waals surface area contributed by atoms with E-state index in [2.05, 4.69) is 20.8 Å². The Balaban J connectivity index is 1.89. The molecule has 1 saturated carbocycles. The smallest absolute Gasteiger partial charge is 0.264 e. The molecule has 3 rings (SSSR count). The number of ether oxygens (including phenoxy) is 1. The van der Waals surface area contributed by atoms with Crippen LogP contribution >= 0.6 is 0 Å². The summed E-state index contributed by atoms with van der Waals surface area (Å²) in [5.41, 5.74) is 0.925. The molecule has 0 saturated heterocycles. The maximum absolute atomic E-state index is 13.4. The molecule has 168 valence electrons. The van der Waals surface area contributed by atoms with Gasteiger partial charge in [0.05, 0.1) is 17.7 Å². The second-order valence-electron chi connectivity index (χ2n) is 8.27. The first-order valence-corrected chi connectivity index (χ1v) is 12.2. The van der Waals surface area contributed by atoms with Crippen LogP contribution in [0, 0.1) is 5.92 Å². The first-order valence-electron chi connectivity index (χ1n) is 10.8. The molecule has 31 heavy (non-hydrogen) atoms. The molecular weight excluding hydrogens is 412 g/mol. The van der Waals surface area contributed by atoms with E-state index in [-0.39, 0.29) is 22.9 Å². The number of methoxy groups -OCH3 is 1. The lowest BCUT2D eigenvalue weighted by molar-refractivity contribution is 0.0615. The van der Waals surface area contributed by atoms with Crippen LogP contribution in [0.3, 0.4) is 0 Å². The summed E-state index contributed by atoms with van der Waals surface area (Å²) in [6.45, 7) is 6.36. The fourth-order valence-corrected chi connectivity index (χ4v) is 4.92. The zero-order chi connectivity index (χ0) is 22.8. The molecule has 1 fully saturated rings. The molecule has 7 heteroatoms. The molecule has 1 amide bonds. The summed E-state index contributed by atoms with van der Waals surface area (Å²) >= 11 is 0. The van der Waals surface area contributed by atoms with Crippen LogP contribution in [0.5, 0.6) is 5.75 Å². The summed E-state index contributed by atoms with van der Waals surface area (Å²) in [6, 6.07) is 13.5. The summed E-state index contributed by atoms with van der Waals surface area (Å²) in [6.07, 6.45) is 2.99. The van der Waals surface area contributed by atoms with Crippen LogP contribution in [0.2, 0.25) is 0 Å². The minimum Gasteiger partial charge on any atom is -0.497 e. The maximum Gasteiger partial charge on any atom is 0.264 e. The fraction of sp³-hybridized carbons (Fsp3) is 0.458. The van der Waals surface area contributed by atoms with Gasteiger partial charge in [-0.15, -0.1) is 0 Å². The maximum atomic E-state index is 13.4. The number of nitrogens with zero attached hydrogens (tertiary/aromatic N) is 2. The molecule has 0 radical (unpaired) electrons. The van der Waals surface area contributed by atoms with E-state index < -0.39 is 10.0 Å². The Morgan fingerprint density at radius 2 is 1.77 bits per heavy atom. The van der Waals surface area contributed by atoms with Crippen molar-refractivity contribution in [3.05, 3.63) is 54.1 Å². The summed E-state index contributed by atoms with van der Waals surface area (Å²) < 4.78 is 32.8. The predicted octanol–water partition coefficient (Wildman–Crippen LogP) is 4.56. The van der Waals surface area contributed by atoms with Gasteiger partial charge in [0, 0.05) is 24.7 Å². The molecular formula is C24H32N2O4S. The van der Waals surface area contributed by atoms with Gasteiger partial charge in [0.15, 0.2) is 0 Å². The Labute approximate surface area is 185 Å². The highest BCUT2D eigenvalue weighted by Gasteiger charge is 2.37. The highest BCUT2D eigenvalue weighted by atomic mass is 32.2. The van der Waals surface area contributed by atoms with Gasteiger partial charge in [-0.1, -0.05) is 26.3 Å². The van der Waals surface area contributed by atoms with Gasteiger partial charge in [-0.2, -0.15) is 0 Å². The fourth-order valence-electron chi connectivity index (χ4n) is 3.68. The second kappa shape index (κ2) is 9.30. The number of benzene rings is 2. The van der Waals surface area contributed by atoms with Gasteiger partial charge in [-0.3, -0.25) is 9.10 Å². The van der Waals surface area contributed by atoms with Gasteiger partial charge in [0.25, 0.3) is 15.9 Å². The Morgan fingerprint density at radius 1 is 1.13 bits per heavy atom. The molecule has 2 atom stereocenters. The Bertz CT molecular complexity index is 1020. The number of sulfonamides is 1. The van der Waals surface area contributed by atoms with Crippen LogP contribution in [0.25, 0.3) is 0 Å². The van der Waals surface area contributed by atoms with Crippen molar-refractivity contribution in [2.24, 2.45) is 5.92 Å². The molecule has 2 unspecified atom stereocenters. The average molecular weight is 445 g/mol. The summed E-state index contributed by atoms with van der Waals surface area (Å²) in [5.74, 6) is 0.926. The molecule has 0 heterocycles. The lowest BCUT2D eigenvalue weighted by atomic mass is 9.98. The Morgan fingerprint density at radius 3 is 2.32 bits per heavy atom. The van der Waals surface area contributed by atoms with Crippen molar-refractivity contribution in [2.45, 2.75) is 57.0 Å². The van der Waals surface area contributed by atoms with Gasteiger partial charge in [0.1, 0.15) is 5.75 Å². The molecule has 0 aromatic heterocycles. The first-order chi connectivity index (χ1) is 14.7. The van der Waals surface area contributed by atoms with Gasteiger partial charge in [0.2, 0.25) is 0 Å². The van der Waals surface area contributed by atoms with Crippen LogP contribution in [0.15, 0.2) is 53.4 Å². The number of anilines is 1. The summed E-state index contributed by atoms with van der Waals surface area (Å²) in [7, 11) is -0.750. The van der Waals surface area contributed by atoms with Crippen molar-refractivity contribution >= 4 is 21.6 Å². The molecule has 1 aliphatic rings. The van der Waals surface area contributed by atoms with Crippen molar-refractivity contribution in [1.29, 1.82) is 0 Å². The van der Waals surface area contributed by atoms with Gasteiger partial charge < -0.3 is 9.64 Å². The number of rotatable bonds is 9. The average Bonchev–Trinajstić information content (AvgIpc) is 3.63. The molecule has 2 aromatic carbocycles. The number of hydrogen-bond donors (Lipinski definition) is 0. The minimum absolute atomic E-state index is 0.0977. The van der Waals surface area contributed by atoms with Gasteiger partial charge in [-0.05, 0) is 68.1 Å². The van der Waals surface area contributed by atoms with Crippen LogP contribution < -0.4 is 9.04 Å². The molecule has 0 N–H and O–H groups in total. The summed E-state index contributed by atoms with van der Waals surface area (Å²) in [5, 5.41) is 0. The van der Waals surface area contributed by atoms with E-state index in [9.17, 15) is 13.2 Å². The van der Waals surface area contributed by atoms with Crippen molar-refractivity contribution in [1.82, 2.24) is 4.90 Å². The van der Waals surface area contributed by atoms with Crippen LogP contribution in [0.4, 0.5) is 5.69 Å². The molecule has 0 spiro atoms. The van der Waals surface area contributed by atoms with Crippen molar-refractivity contribution in [3.63, 3.8) is 0 Å². The number of carbonyl (C=O) groups is 1. The van der Waals surface area contributed by atoms with E-state index in [1.54, 1.807) is 43.5 Å². The SMILES string of the molecule is CCC(C)C(C)N(C(=O)c1cccc(S(=O)(=O)N(C)c2ccc(OC)cc2)c1)C1CC1. The summed E-state index contributed by atoms with van der Waals surface area (Å²) in [4.78, 5) is 15.4. The lowest BCUT2D eigenvalue weighted by Crippen LogP contribution is -2.43. The molecule has 0 bridgehead atoms. The standard InChI is InChI=1S/C24H32N2O4S/c1-6-17(2)18(3)26(21-10-11-21)24(27)19-8-7-9-23(16-19)31(28,29)25(4)20-12-14-22(30-5)15-13-20/h7-9,12-18,21H,6,10-11H2,1-5H3. The predicted molar refractivity (Wildman–Crippen MR) is 123 cm³/mol. The van der Waals surface area contributed by atoms with Crippen LogP contribution in [-0.2, 0) is 10.0 Å². The molecule has 6 nitrogen and oxygen atoms in total. The highest BCUT2D eigenvalue weighted by Crippen LogP contribution is 2.33. The Hall–Kier alpha value is -2.54. The van der Waals surface area contributed by atoms with E-state index in [4.69, 9.17) is 4.74 Å². The van der Waals surface area contributed by atoms with E-state index in [1.807, 2.05) is 4.90 Å². The van der Waals surface area contributed by atoms with E-state index in [1.165, 1.54) is 23.5 Å². The van der Waals surface area contributed by atoms with Crippen molar-refractivity contribution in [3.8, 4) is 5.75 Å². The minimum atomic E-state index is -3.82. The number of amides is 1. The molecule has 2 aromatic rings. The van der Waals surface area contributed by atoms with Crippen molar-refractivity contribution < 1.29 is 17.9 Å². The number of carbonyl (C=O) groups excluding carboxylic acids is 1. The quantitative estimate of drug-likeness (QED) is 0.569. The molecule has 1 aliphatic carbocycles. The largest absolute Gasteiger partial charge is 0.497 e. The zero-order valence-electron chi connectivity index (χ0n) is 18.9. The monoisotopic (exact) mass is 444 g/mol. The van der Waals surface area contributed by atoms with Crippen LogP contribution in [0.1, 0.15) is 50.4 Å². The molecule has 0 aliphatic heterocycles. The van der Waals surface area contributed by atoms with Gasteiger partial charge in [-0.25, -0.2) is 8.42 Å². The van der Waals surface area contributed by atoms with E-state index in [0.29, 0.717) is 22.9 Å². The first kappa shape index (κ1) is 23.1. The van der Waals surface area contributed by atoms with E-state index >= 15 is 0 Å². The third kappa shape index (κ3) is 4.87. The zero-order valence-corrected chi connectivity index (χ0v) is 19.7. The van der Waals surface area contributed by atoms with Gasteiger partial charge >= 0.3 is 0 Å². The number of hydrogen-bond acceptors (Lipinski definition) is 4. The topological polar surface area (TPSA) is 66.9 Å². The highest BCUT2D eigenvalue weighted by molar-refractivity contribution is 7.92. The van der Waals surface area contributed by atoms with Crippen LogP contribution in [-0.4, -0.2) is 45.5 Å². The third-order valence-electron chi connectivity index (χ3n) is 6.26. The third-order valence-corrected chi connectivity index (χ3v) is 8.04. The normalized spacial score (nSPS) is 15.8. The second-order valence-corrected chi connectivity index (χ2v) is 10.2. The Kier molecular flexibility index (Phi) is 6.94.